The van der Waals surface area contributed by atoms with E-state index in [2.05, 4.69) is 54.5 Å². The molecule has 0 N–H and O–H groups in total. The molecule has 8 saturated carbocycles. The number of benzene rings is 1. The van der Waals surface area contributed by atoms with Gasteiger partial charge in [-0.1, -0.05) is 65.7 Å². The molecule has 0 saturated heterocycles. The van der Waals surface area contributed by atoms with Crippen LogP contribution < -0.4 is 4.74 Å². The molecule has 10 nitrogen and oxygen atoms in total. The molecule has 10 heteroatoms. The van der Waals surface area contributed by atoms with Crippen LogP contribution in [0.15, 0.2) is 41.5 Å². The van der Waals surface area contributed by atoms with Crippen LogP contribution in [-0.2, 0) is 49.4 Å². The molecule has 0 aliphatic heterocycles. The molecule has 76 heavy (non-hydrogen) atoms. The Balaban J connectivity index is 0.597. The molecule has 21 atom stereocenters. The number of carbonyl (C=O) groups excluding carboxylic acids is 6. The summed E-state index contributed by atoms with van der Waals surface area (Å²) in [6.45, 7) is 16.6. The largest absolute Gasteiger partial charge is 0.462 e. The van der Waals surface area contributed by atoms with Crippen LogP contribution in [0.4, 0.5) is 0 Å². The summed E-state index contributed by atoms with van der Waals surface area (Å²) >= 11 is 0. The molecule has 12 rings (SSSR count). The number of carbonyl (C=O) groups is 6. The van der Waals surface area contributed by atoms with Gasteiger partial charge in [0.2, 0.25) is 0 Å². The van der Waals surface area contributed by atoms with Crippen molar-refractivity contribution in [2.45, 2.75) is 214 Å². The van der Waals surface area contributed by atoms with Crippen molar-refractivity contribution < 1.29 is 47.7 Å². The average molecular weight is 1040 g/mol. The number of ketones is 2. The van der Waals surface area contributed by atoms with E-state index in [-0.39, 0.29) is 83.9 Å². The monoisotopic (exact) mass is 1040 g/mol. The van der Waals surface area contributed by atoms with E-state index in [1.54, 1.807) is 0 Å². The van der Waals surface area contributed by atoms with Crippen molar-refractivity contribution in [1.82, 2.24) is 0 Å². The lowest BCUT2D eigenvalue weighted by atomic mass is 9.47. The second kappa shape index (κ2) is 19.9. The van der Waals surface area contributed by atoms with Crippen LogP contribution in [0.5, 0.6) is 5.75 Å². The Morgan fingerprint density at radius 2 is 0.974 bits per heavy atom. The molecular weight excluding hydrogens is 953 g/mol. The van der Waals surface area contributed by atoms with Crippen molar-refractivity contribution in [2.24, 2.45) is 99.1 Å². The molecule has 0 bridgehead atoms. The zero-order valence-electron chi connectivity index (χ0n) is 46.9. The SMILES string of the molecule is CC1CC2(C)C(OC(=O)CCC(=O)Oc3ccc4c(c3)CCC3C4CCC4(C)C(OC(=O)CCC(=O)OC5CCC6C7C(C)CC8=CC(=O)CCC8C7C(C)CC56C)CCC34)CCC2C2C(C)CC3=CC(=O)CCC3C12. The van der Waals surface area contributed by atoms with Crippen molar-refractivity contribution in [3.63, 3.8) is 0 Å². The minimum Gasteiger partial charge on any atom is -0.462 e. The number of ether oxygens (including phenoxy) is 4. The zero-order valence-corrected chi connectivity index (χ0v) is 46.9. The zero-order chi connectivity index (χ0) is 53.2. The van der Waals surface area contributed by atoms with E-state index in [0.29, 0.717) is 113 Å². The minimum atomic E-state index is -0.419. The van der Waals surface area contributed by atoms with Crippen molar-refractivity contribution in [1.29, 1.82) is 0 Å². The molecule has 11 aliphatic rings. The standard InChI is InChI=1S/C66H88O10/c1-35-28-40-30-42(67)9-13-46(40)60-37(3)33-65(6)51(62(35)60)17-20-54(65)75-58(71)23-22-56(69)73-44-11-15-45-39(32-44)8-12-49-48(45)26-27-64(5)50(49)16-19-53(64)74-57(70)24-25-59(72)76-55-21-18-52-63-36(2)29-41-31-43(68)10-14-47(41)61(63)38(4)34-66(52,55)7/h11,15,30-32,35-38,46-55,60-63H,8-10,12-14,16-29,33-34H2,1-7H3. The van der Waals surface area contributed by atoms with E-state index in [9.17, 15) is 28.8 Å². The van der Waals surface area contributed by atoms with Crippen LogP contribution in [0.25, 0.3) is 0 Å². The van der Waals surface area contributed by atoms with Gasteiger partial charge in [-0.25, -0.2) is 0 Å². The topological polar surface area (TPSA) is 139 Å². The summed E-state index contributed by atoms with van der Waals surface area (Å²) in [5.74, 6) is 7.46. The van der Waals surface area contributed by atoms with Gasteiger partial charge in [-0.15, -0.1) is 0 Å². The molecule has 0 spiro atoms. The van der Waals surface area contributed by atoms with Gasteiger partial charge in [0, 0.05) is 29.1 Å². The first-order valence-electron chi connectivity index (χ1n) is 30.7. The number of rotatable bonds is 10. The van der Waals surface area contributed by atoms with Gasteiger partial charge >= 0.3 is 23.9 Å². The van der Waals surface area contributed by atoms with Gasteiger partial charge in [-0.3, -0.25) is 28.8 Å². The first-order valence-corrected chi connectivity index (χ1v) is 30.7. The smallest absolute Gasteiger partial charge is 0.311 e. The second-order valence-corrected chi connectivity index (χ2v) is 28.4. The molecule has 21 unspecified atom stereocenters. The predicted octanol–water partition coefficient (Wildman–Crippen LogP) is 13.0. The van der Waals surface area contributed by atoms with E-state index in [1.807, 2.05) is 24.3 Å². The lowest BCUT2D eigenvalue weighted by molar-refractivity contribution is -0.167. The summed E-state index contributed by atoms with van der Waals surface area (Å²) in [5.41, 5.74) is 5.07. The molecule has 412 valence electrons. The van der Waals surface area contributed by atoms with Crippen LogP contribution in [0.2, 0.25) is 0 Å². The molecule has 1 aromatic rings. The molecule has 0 radical (unpaired) electrons. The van der Waals surface area contributed by atoms with Crippen molar-refractivity contribution in [3.8, 4) is 5.75 Å². The quantitative estimate of drug-likeness (QED) is 0.126. The first kappa shape index (κ1) is 52.6. The highest BCUT2D eigenvalue weighted by Gasteiger charge is 2.63. The van der Waals surface area contributed by atoms with E-state index >= 15 is 0 Å². The van der Waals surface area contributed by atoms with E-state index < -0.39 is 5.97 Å². The minimum absolute atomic E-state index is 0.00238. The summed E-state index contributed by atoms with van der Waals surface area (Å²) in [6.07, 6.45) is 20.6. The maximum atomic E-state index is 13.6. The Labute approximate surface area is 452 Å². The van der Waals surface area contributed by atoms with Crippen molar-refractivity contribution >= 4 is 35.4 Å². The third-order valence-electron chi connectivity index (χ3n) is 24.4. The fraction of sp³-hybridized carbons (Fsp3) is 0.758. The van der Waals surface area contributed by atoms with Crippen molar-refractivity contribution in [3.05, 3.63) is 52.6 Å². The highest BCUT2D eigenvalue weighted by Crippen LogP contribution is 2.68. The third-order valence-corrected chi connectivity index (χ3v) is 24.4. The third kappa shape index (κ3) is 8.92. The van der Waals surface area contributed by atoms with E-state index in [4.69, 9.17) is 18.9 Å². The summed E-state index contributed by atoms with van der Waals surface area (Å²) in [7, 11) is 0. The van der Waals surface area contributed by atoms with Gasteiger partial charge in [-0.2, -0.15) is 0 Å². The van der Waals surface area contributed by atoms with Crippen LogP contribution in [0, 0.1) is 99.1 Å². The summed E-state index contributed by atoms with van der Waals surface area (Å²) in [5, 5.41) is 0. The molecular formula is C66H88O10. The molecule has 0 aromatic heterocycles. The summed E-state index contributed by atoms with van der Waals surface area (Å²) in [4.78, 5) is 78.5. The van der Waals surface area contributed by atoms with Crippen LogP contribution in [0.1, 0.15) is 200 Å². The van der Waals surface area contributed by atoms with Gasteiger partial charge in [0.25, 0.3) is 0 Å². The fourth-order valence-corrected chi connectivity index (χ4v) is 21.6. The first-order chi connectivity index (χ1) is 36.3. The van der Waals surface area contributed by atoms with Gasteiger partial charge in [0.1, 0.15) is 24.1 Å². The molecule has 0 amide bonds. The lowest BCUT2D eigenvalue weighted by Crippen LogP contribution is -2.54. The van der Waals surface area contributed by atoms with Crippen LogP contribution >= 0.6 is 0 Å². The number of esters is 4. The summed E-state index contributed by atoms with van der Waals surface area (Å²) < 4.78 is 24.8. The highest BCUT2D eigenvalue weighted by molar-refractivity contribution is 5.92. The Morgan fingerprint density at radius 1 is 0.500 bits per heavy atom. The number of hydrogen-bond acceptors (Lipinski definition) is 10. The van der Waals surface area contributed by atoms with Gasteiger partial charge < -0.3 is 18.9 Å². The van der Waals surface area contributed by atoms with Gasteiger partial charge in [-0.05, 0) is 227 Å². The van der Waals surface area contributed by atoms with E-state index in [1.165, 1.54) is 22.3 Å². The summed E-state index contributed by atoms with van der Waals surface area (Å²) in [6, 6.07) is 6.11. The number of fused-ring (bicyclic) bond motifs is 15. The average Bonchev–Trinajstić information content (AvgIpc) is 4.00. The van der Waals surface area contributed by atoms with Gasteiger partial charge in [0.15, 0.2) is 11.6 Å². The Bertz CT molecular complexity index is 2590. The molecule has 8 fully saturated rings. The predicted molar refractivity (Wildman–Crippen MR) is 287 cm³/mol. The molecule has 1 aromatic carbocycles. The normalized spacial score (nSPS) is 44.6. The Kier molecular flexibility index (Phi) is 13.8. The van der Waals surface area contributed by atoms with Crippen LogP contribution in [0.3, 0.4) is 0 Å². The molecule has 0 heterocycles. The number of hydrogen-bond donors (Lipinski definition) is 0. The maximum absolute atomic E-state index is 13.6. The lowest BCUT2D eigenvalue weighted by Gasteiger charge is -2.58. The van der Waals surface area contributed by atoms with Gasteiger partial charge in [0.05, 0.1) is 25.7 Å². The highest BCUT2D eigenvalue weighted by atomic mass is 16.6. The Hall–Kier alpha value is -4.08. The van der Waals surface area contributed by atoms with Crippen LogP contribution in [-0.4, -0.2) is 53.8 Å². The van der Waals surface area contributed by atoms with E-state index in [0.717, 1.165) is 103 Å². The fourth-order valence-electron chi connectivity index (χ4n) is 21.6. The molecule has 11 aliphatic carbocycles. The Morgan fingerprint density at radius 3 is 1.49 bits per heavy atom. The number of allylic oxidation sites excluding steroid dienone is 2. The number of aryl methyl sites for hydroxylation is 1. The second-order valence-electron chi connectivity index (χ2n) is 28.4. The maximum Gasteiger partial charge on any atom is 0.311 e. The van der Waals surface area contributed by atoms with Crippen molar-refractivity contribution in [2.75, 3.05) is 0 Å².